The minimum atomic E-state index is 0.0137. The lowest BCUT2D eigenvalue weighted by Gasteiger charge is -2.21. The van der Waals surface area contributed by atoms with E-state index >= 15 is 0 Å². The molecule has 0 saturated carbocycles. The first kappa shape index (κ1) is 15.4. The first-order valence-electron chi connectivity index (χ1n) is 8.32. The minimum Gasteiger partial charge on any atom is -0.491 e. The van der Waals surface area contributed by atoms with Crippen LogP contribution in [0.1, 0.15) is 15.9 Å². The molecule has 1 aliphatic rings. The van der Waals surface area contributed by atoms with Crippen molar-refractivity contribution in [2.45, 2.75) is 6.54 Å². The van der Waals surface area contributed by atoms with Crippen LogP contribution in [-0.2, 0) is 6.54 Å². The third-order valence-electron chi connectivity index (χ3n) is 4.37. The molecule has 0 unspecified atom stereocenters. The highest BCUT2D eigenvalue weighted by Gasteiger charge is 2.23. The van der Waals surface area contributed by atoms with E-state index in [1.807, 2.05) is 65.6 Å². The summed E-state index contributed by atoms with van der Waals surface area (Å²) in [4.78, 5) is 19.2. The Morgan fingerprint density at radius 2 is 1.80 bits per heavy atom. The average Bonchev–Trinajstić information content (AvgIpc) is 2.90. The Kier molecular flexibility index (Phi) is 4.17. The second-order valence-electron chi connectivity index (χ2n) is 5.97. The maximum atomic E-state index is 13.2. The summed E-state index contributed by atoms with van der Waals surface area (Å²) in [6.07, 6.45) is 3.48. The van der Waals surface area contributed by atoms with Gasteiger partial charge in [-0.05, 0) is 23.3 Å². The smallest absolute Gasteiger partial charge is 0.254 e. The number of pyridine rings is 1. The van der Waals surface area contributed by atoms with Crippen LogP contribution in [0.3, 0.4) is 0 Å². The predicted molar refractivity (Wildman–Crippen MR) is 96.4 cm³/mol. The van der Waals surface area contributed by atoms with Crippen molar-refractivity contribution in [1.82, 2.24) is 9.88 Å². The van der Waals surface area contributed by atoms with Gasteiger partial charge < -0.3 is 9.64 Å². The molecule has 25 heavy (non-hydrogen) atoms. The van der Waals surface area contributed by atoms with Gasteiger partial charge in [0.1, 0.15) is 12.4 Å². The first-order valence-corrected chi connectivity index (χ1v) is 8.32. The fraction of sp³-hybridized carbons (Fsp3) is 0.143. The molecule has 0 spiro atoms. The molecule has 1 amide bonds. The highest BCUT2D eigenvalue weighted by atomic mass is 16.5. The van der Waals surface area contributed by atoms with Crippen molar-refractivity contribution in [3.05, 3.63) is 84.2 Å². The molecule has 0 fully saturated rings. The molecular weight excluding hydrogens is 312 g/mol. The zero-order valence-corrected chi connectivity index (χ0v) is 13.8. The summed E-state index contributed by atoms with van der Waals surface area (Å²) in [5, 5.41) is 0. The maximum absolute atomic E-state index is 13.2. The van der Waals surface area contributed by atoms with Gasteiger partial charge in [0.25, 0.3) is 5.91 Å². The third kappa shape index (κ3) is 3.11. The molecule has 124 valence electrons. The van der Waals surface area contributed by atoms with Crippen LogP contribution in [-0.4, -0.2) is 28.9 Å². The van der Waals surface area contributed by atoms with Crippen LogP contribution in [0.5, 0.6) is 5.75 Å². The second kappa shape index (κ2) is 6.77. The van der Waals surface area contributed by atoms with Crippen molar-refractivity contribution in [3.63, 3.8) is 0 Å². The lowest BCUT2D eigenvalue weighted by molar-refractivity contribution is 0.0734. The van der Waals surface area contributed by atoms with E-state index in [1.54, 1.807) is 12.4 Å². The number of hydrogen-bond acceptors (Lipinski definition) is 3. The predicted octanol–water partition coefficient (Wildman–Crippen LogP) is 3.78. The van der Waals surface area contributed by atoms with Crippen LogP contribution in [0.2, 0.25) is 0 Å². The molecule has 4 rings (SSSR count). The largest absolute Gasteiger partial charge is 0.491 e. The van der Waals surface area contributed by atoms with E-state index in [4.69, 9.17) is 4.74 Å². The number of nitrogens with zero attached hydrogens (tertiary/aromatic N) is 2. The van der Waals surface area contributed by atoms with Crippen molar-refractivity contribution in [3.8, 4) is 16.9 Å². The topological polar surface area (TPSA) is 42.4 Å². The van der Waals surface area contributed by atoms with Crippen LogP contribution in [0.15, 0.2) is 73.1 Å². The number of benzene rings is 2. The van der Waals surface area contributed by atoms with Crippen LogP contribution >= 0.6 is 0 Å². The molecule has 1 aromatic heterocycles. The molecule has 0 N–H and O–H groups in total. The highest BCUT2D eigenvalue weighted by Crippen LogP contribution is 2.27. The normalized spacial score (nSPS) is 13.5. The Morgan fingerprint density at radius 1 is 1.00 bits per heavy atom. The van der Waals surface area contributed by atoms with Crippen molar-refractivity contribution in [2.24, 2.45) is 0 Å². The van der Waals surface area contributed by atoms with Crippen LogP contribution in [0.4, 0.5) is 0 Å². The summed E-state index contributed by atoms with van der Waals surface area (Å²) >= 11 is 0. The van der Waals surface area contributed by atoms with E-state index in [9.17, 15) is 4.79 Å². The highest BCUT2D eigenvalue weighted by molar-refractivity contribution is 6.00. The van der Waals surface area contributed by atoms with Crippen molar-refractivity contribution in [1.29, 1.82) is 0 Å². The van der Waals surface area contributed by atoms with Gasteiger partial charge in [0.05, 0.1) is 13.1 Å². The van der Waals surface area contributed by atoms with Crippen molar-refractivity contribution < 1.29 is 9.53 Å². The molecule has 0 bridgehead atoms. The zero-order valence-electron chi connectivity index (χ0n) is 13.8. The van der Waals surface area contributed by atoms with Gasteiger partial charge in [-0.2, -0.15) is 0 Å². The number of amides is 1. The van der Waals surface area contributed by atoms with Gasteiger partial charge in [-0.1, -0.05) is 48.5 Å². The number of carbonyl (C=O) groups excluding carboxylic acids is 1. The SMILES string of the molecule is O=C(c1ccccc1-c1ccccc1)N1CCOc2ccncc2C1. The number of aromatic nitrogens is 1. The number of carbonyl (C=O) groups is 1. The van der Waals surface area contributed by atoms with Crippen LogP contribution in [0, 0.1) is 0 Å². The van der Waals surface area contributed by atoms with E-state index in [1.165, 1.54) is 0 Å². The molecule has 3 aromatic rings. The summed E-state index contributed by atoms with van der Waals surface area (Å²) in [7, 11) is 0. The number of rotatable bonds is 2. The van der Waals surface area contributed by atoms with Gasteiger partial charge in [0, 0.05) is 23.5 Å². The fourth-order valence-corrected chi connectivity index (χ4v) is 3.11. The summed E-state index contributed by atoms with van der Waals surface area (Å²) < 4.78 is 5.75. The Balaban J connectivity index is 1.68. The molecule has 0 aliphatic carbocycles. The number of hydrogen-bond donors (Lipinski definition) is 0. The molecule has 0 saturated heterocycles. The molecular formula is C21H18N2O2. The molecule has 4 heteroatoms. The van der Waals surface area contributed by atoms with E-state index in [0.717, 1.165) is 22.4 Å². The van der Waals surface area contributed by atoms with E-state index < -0.39 is 0 Å². The van der Waals surface area contributed by atoms with Crippen molar-refractivity contribution in [2.75, 3.05) is 13.2 Å². The Hall–Kier alpha value is -3.14. The zero-order chi connectivity index (χ0) is 17.1. The maximum Gasteiger partial charge on any atom is 0.254 e. The lowest BCUT2D eigenvalue weighted by Crippen LogP contribution is -2.32. The van der Waals surface area contributed by atoms with E-state index in [0.29, 0.717) is 25.3 Å². The first-order chi connectivity index (χ1) is 12.3. The summed E-state index contributed by atoms with van der Waals surface area (Å²) in [5.41, 5.74) is 3.64. The average molecular weight is 330 g/mol. The van der Waals surface area contributed by atoms with E-state index in [2.05, 4.69) is 4.98 Å². The van der Waals surface area contributed by atoms with Gasteiger partial charge in [0.2, 0.25) is 0 Å². The molecule has 2 aromatic carbocycles. The summed E-state index contributed by atoms with van der Waals surface area (Å²) in [6, 6.07) is 19.6. The number of fused-ring (bicyclic) bond motifs is 1. The van der Waals surface area contributed by atoms with Crippen molar-refractivity contribution >= 4 is 5.91 Å². The minimum absolute atomic E-state index is 0.0137. The quantitative estimate of drug-likeness (QED) is 0.718. The summed E-state index contributed by atoms with van der Waals surface area (Å²) in [6.45, 7) is 1.54. The van der Waals surface area contributed by atoms with Crippen LogP contribution < -0.4 is 4.74 Å². The van der Waals surface area contributed by atoms with Gasteiger partial charge >= 0.3 is 0 Å². The van der Waals surface area contributed by atoms with Gasteiger partial charge in [-0.25, -0.2) is 0 Å². The van der Waals surface area contributed by atoms with Crippen LogP contribution in [0.25, 0.3) is 11.1 Å². The molecule has 2 heterocycles. The Labute approximate surface area is 146 Å². The summed E-state index contributed by atoms with van der Waals surface area (Å²) in [5.74, 6) is 0.821. The monoisotopic (exact) mass is 330 g/mol. The second-order valence-corrected chi connectivity index (χ2v) is 5.97. The Morgan fingerprint density at radius 3 is 2.68 bits per heavy atom. The molecule has 0 atom stereocenters. The van der Waals surface area contributed by atoms with Gasteiger partial charge in [-0.15, -0.1) is 0 Å². The fourth-order valence-electron chi connectivity index (χ4n) is 3.11. The lowest BCUT2D eigenvalue weighted by atomic mass is 9.99. The standard InChI is InChI=1S/C21H18N2O2/c24-21(23-12-13-25-20-10-11-22-14-17(20)15-23)19-9-5-4-8-18(19)16-6-2-1-3-7-16/h1-11,14H,12-13,15H2. The van der Waals surface area contributed by atoms with Gasteiger partial charge in [-0.3, -0.25) is 9.78 Å². The molecule has 0 radical (unpaired) electrons. The van der Waals surface area contributed by atoms with Gasteiger partial charge in [0.15, 0.2) is 0 Å². The molecule has 1 aliphatic heterocycles. The molecule has 4 nitrogen and oxygen atoms in total. The van der Waals surface area contributed by atoms with E-state index in [-0.39, 0.29) is 5.91 Å². The third-order valence-corrected chi connectivity index (χ3v) is 4.37. The number of ether oxygens (including phenoxy) is 1. The Bertz CT molecular complexity index is 893.